The Kier molecular flexibility index (Phi) is 7.44. The molecule has 3 N–H and O–H groups in total. The first kappa shape index (κ1) is 20.2. The molecule has 2 aromatic rings. The molecule has 1 saturated heterocycles. The fourth-order valence-electron chi connectivity index (χ4n) is 3.02. The van der Waals surface area contributed by atoms with Gasteiger partial charge < -0.3 is 16.0 Å². The third-order valence-corrected chi connectivity index (χ3v) is 4.36. The lowest BCUT2D eigenvalue weighted by molar-refractivity contribution is -0.128. The number of carbonyl (C=O) groups is 1. The van der Waals surface area contributed by atoms with E-state index in [4.69, 9.17) is 5.73 Å². The summed E-state index contributed by atoms with van der Waals surface area (Å²) in [5.41, 5.74) is 10.3. The first-order valence-electron chi connectivity index (χ1n) is 8.60. The lowest BCUT2D eigenvalue weighted by Crippen LogP contribution is -2.25. The zero-order valence-corrected chi connectivity index (χ0v) is 17.3. The molecule has 5 nitrogen and oxygen atoms in total. The van der Waals surface area contributed by atoms with Crippen LogP contribution < -0.4 is 11.1 Å². The molecule has 1 heterocycles. The van der Waals surface area contributed by atoms with E-state index < -0.39 is 0 Å². The van der Waals surface area contributed by atoms with Crippen molar-refractivity contribution in [1.29, 1.82) is 0 Å². The Morgan fingerprint density at radius 1 is 1.19 bits per heavy atom. The van der Waals surface area contributed by atoms with Crippen molar-refractivity contribution in [2.24, 2.45) is 10.7 Å². The minimum Gasteiger partial charge on any atom is -0.370 e. The van der Waals surface area contributed by atoms with Crippen molar-refractivity contribution in [2.45, 2.75) is 32.9 Å². The summed E-state index contributed by atoms with van der Waals surface area (Å²) in [5.74, 6) is 0.622. The summed E-state index contributed by atoms with van der Waals surface area (Å²) >= 11 is 0. The molecule has 0 aliphatic carbocycles. The van der Waals surface area contributed by atoms with Gasteiger partial charge in [-0.05, 0) is 42.2 Å². The highest BCUT2D eigenvalue weighted by atomic mass is 127. The number of likely N-dealkylation sites (tertiary alicyclic amines) is 1. The summed E-state index contributed by atoms with van der Waals surface area (Å²) in [7, 11) is 0. The van der Waals surface area contributed by atoms with Crippen LogP contribution in [0.25, 0.3) is 0 Å². The predicted octanol–water partition coefficient (Wildman–Crippen LogP) is 3.66. The van der Waals surface area contributed by atoms with Gasteiger partial charge in [0.05, 0.1) is 6.54 Å². The summed E-state index contributed by atoms with van der Waals surface area (Å²) in [5, 5.41) is 3.12. The maximum absolute atomic E-state index is 11.9. The molecule has 0 aromatic heterocycles. The van der Waals surface area contributed by atoms with Gasteiger partial charge in [0.25, 0.3) is 0 Å². The van der Waals surface area contributed by atoms with Crippen molar-refractivity contribution in [3.05, 3.63) is 65.2 Å². The third kappa shape index (κ3) is 5.45. The van der Waals surface area contributed by atoms with Crippen LogP contribution in [0.1, 0.15) is 29.5 Å². The summed E-state index contributed by atoms with van der Waals surface area (Å²) in [4.78, 5) is 18.2. The Morgan fingerprint density at radius 2 is 1.96 bits per heavy atom. The second-order valence-corrected chi connectivity index (χ2v) is 6.38. The van der Waals surface area contributed by atoms with Crippen molar-refractivity contribution in [3.63, 3.8) is 0 Å². The Balaban J connectivity index is 0.00000243. The minimum atomic E-state index is 0. The van der Waals surface area contributed by atoms with E-state index in [0.717, 1.165) is 29.8 Å². The number of aliphatic imine (C=N–C) groups is 1. The van der Waals surface area contributed by atoms with Crippen LogP contribution in [0.4, 0.5) is 5.69 Å². The van der Waals surface area contributed by atoms with Crippen LogP contribution in [0.15, 0.2) is 53.5 Å². The summed E-state index contributed by atoms with van der Waals surface area (Å²) in [6, 6.07) is 16.1. The topological polar surface area (TPSA) is 70.7 Å². The zero-order chi connectivity index (χ0) is 17.6. The highest BCUT2D eigenvalue weighted by molar-refractivity contribution is 14.0. The first-order valence-corrected chi connectivity index (χ1v) is 8.60. The average molecular weight is 464 g/mol. The number of hydrogen-bond donors (Lipinski definition) is 2. The fraction of sp³-hybridized carbons (Fsp3) is 0.300. The molecule has 1 aliphatic rings. The molecule has 1 fully saturated rings. The third-order valence-electron chi connectivity index (χ3n) is 4.36. The average Bonchev–Trinajstić information content (AvgIpc) is 2.99. The Labute approximate surface area is 171 Å². The lowest BCUT2D eigenvalue weighted by Gasteiger charge is -2.17. The molecule has 0 unspecified atom stereocenters. The van der Waals surface area contributed by atoms with Gasteiger partial charge in [-0.15, -0.1) is 24.0 Å². The van der Waals surface area contributed by atoms with Crippen molar-refractivity contribution in [2.75, 3.05) is 11.9 Å². The minimum absolute atomic E-state index is 0. The second-order valence-electron chi connectivity index (χ2n) is 6.38. The highest BCUT2D eigenvalue weighted by Gasteiger charge is 2.20. The van der Waals surface area contributed by atoms with Gasteiger partial charge in [0.2, 0.25) is 5.91 Å². The highest BCUT2D eigenvalue weighted by Crippen LogP contribution is 2.18. The standard InChI is InChI=1S/C20H24N4O.HI/c1-15-6-4-9-18(12-15)23-20(21)22-13-16-7-2-3-8-17(16)14-24-11-5-10-19(24)25;/h2-4,6-9,12H,5,10-11,13-14H2,1H3,(H3,21,22,23);1H. The number of nitrogens with two attached hydrogens (primary N) is 1. The van der Waals surface area contributed by atoms with E-state index >= 15 is 0 Å². The number of rotatable bonds is 5. The number of halogens is 1. The number of anilines is 1. The Bertz CT molecular complexity index is 791. The van der Waals surface area contributed by atoms with Crippen LogP contribution in [0.5, 0.6) is 0 Å². The molecule has 3 rings (SSSR count). The van der Waals surface area contributed by atoms with Gasteiger partial charge in [-0.3, -0.25) is 4.79 Å². The molecule has 0 radical (unpaired) electrons. The number of guanidine groups is 1. The Hall–Kier alpha value is -2.09. The van der Waals surface area contributed by atoms with E-state index in [2.05, 4.69) is 16.4 Å². The molecule has 0 atom stereocenters. The van der Waals surface area contributed by atoms with E-state index in [1.165, 1.54) is 5.56 Å². The van der Waals surface area contributed by atoms with Crippen LogP contribution in [0.2, 0.25) is 0 Å². The molecular formula is C20H25IN4O. The first-order chi connectivity index (χ1) is 12.1. The second kappa shape index (κ2) is 9.56. The van der Waals surface area contributed by atoms with E-state index in [1.54, 1.807) is 0 Å². The number of nitrogens with zero attached hydrogens (tertiary/aromatic N) is 2. The summed E-state index contributed by atoms with van der Waals surface area (Å²) in [6.07, 6.45) is 1.61. The largest absolute Gasteiger partial charge is 0.370 e. The van der Waals surface area contributed by atoms with Crippen LogP contribution in [0.3, 0.4) is 0 Å². The number of carbonyl (C=O) groups excluding carboxylic acids is 1. The van der Waals surface area contributed by atoms with E-state index in [0.29, 0.717) is 25.5 Å². The van der Waals surface area contributed by atoms with Crippen LogP contribution >= 0.6 is 24.0 Å². The fourth-order valence-corrected chi connectivity index (χ4v) is 3.02. The van der Waals surface area contributed by atoms with Gasteiger partial charge >= 0.3 is 0 Å². The molecular weight excluding hydrogens is 439 g/mol. The van der Waals surface area contributed by atoms with Gasteiger partial charge in [0.15, 0.2) is 5.96 Å². The number of hydrogen-bond acceptors (Lipinski definition) is 2. The van der Waals surface area contributed by atoms with Crippen molar-refractivity contribution in [1.82, 2.24) is 4.90 Å². The van der Waals surface area contributed by atoms with Gasteiger partial charge in [-0.25, -0.2) is 4.99 Å². The van der Waals surface area contributed by atoms with Crippen LogP contribution in [-0.2, 0) is 17.9 Å². The smallest absolute Gasteiger partial charge is 0.222 e. The van der Waals surface area contributed by atoms with Gasteiger partial charge in [-0.1, -0.05) is 36.4 Å². The molecule has 1 amide bonds. The van der Waals surface area contributed by atoms with Gasteiger partial charge in [-0.2, -0.15) is 0 Å². The molecule has 0 bridgehead atoms. The van der Waals surface area contributed by atoms with E-state index in [1.807, 2.05) is 54.3 Å². The number of amides is 1. The number of aryl methyl sites for hydroxylation is 1. The normalized spacial score (nSPS) is 14.3. The van der Waals surface area contributed by atoms with Gasteiger partial charge in [0.1, 0.15) is 0 Å². The maximum atomic E-state index is 11.9. The molecule has 0 spiro atoms. The van der Waals surface area contributed by atoms with E-state index in [9.17, 15) is 4.79 Å². The number of benzene rings is 2. The quantitative estimate of drug-likeness (QED) is 0.403. The zero-order valence-electron chi connectivity index (χ0n) is 14.9. The summed E-state index contributed by atoms with van der Waals surface area (Å²) < 4.78 is 0. The van der Waals surface area contributed by atoms with Crippen molar-refractivity contribution < 1.29 is 4.79 Å². The molecule has 6 heteroatoms. The molecule has 26 heavy (non-hydrogen) atoms. The SMILES string of the molecule is Cc1cccc(NC(N)=NCc2ccccc2CN2CCCC2=O)c1.I. The molecule has 0 saturated carbocycles. The van der Waals surface area contributed by atoms with Crippen LogP contribution in [0, 0.1) is 6.92 Å². The summed E-state index contributed by atoms with van der Waals surface area (Å²) in [6.45, 7) is 4.01. The van der Waals surface area contributed by atoms with Crippen LogP contribution in [-0.4, -0.2) is 23.3 Å². The van der Waals surface area contributed by atoms with E-state index in [-0.39, 0.29) is 29.9 Å². The predicted molar refractivity (Wildman–Crippen MR) is 117 cm³/mol. The molecule has 2 aromatic carbocycles. The molecule has 1 aliphatic heterocycles. The van der Waals surface area contributed by atoms with Crippen molar-refractivity contribution >= 4 is 41.5 Å². The number of nitrogens with one attached hydrogen (secondary N) is 1. The maximum Gasteiger partial charge on any atom is 0.222 e. The lowest BCUT2D eigenvalue weighted by atomic mass is 10.1. The monoisotopic (exact) mass is 464 g/mol. The van der Waals surface area contributed by atoms with Crippen molar-refractivity contribution in [3.8, 4) is 0 Å². The van der Waals surface area contributed by atoms with Gasteiger partial charge in [0, 0.05) is 25.2 Å². The molecule has 138 valence electrons. The Morgan fingerprint density at radius 3 is 2.65 bits per heavy atom.